The number of carbonyl (C=O) groups excluding carboxylic acids is 2. The van der Waals surface area contributed by atoms with E-state index in [9.17, 15) is 14.7 Å². The summed E-state index contributed by atoms with van der Waals surface area (Å²) in [5, 5.41) is 10.8. The van der Waals surface area contributed by atoms with Crippen LogP contribution >= 0.6 is 22.6 Å². The lowest BCUT2D eigenvalue weighted by Crippen LogP contribution is -2.56. The fourth-order valence-corrected chi connectivity index (χ4v) is 8.17. The van der Waals surface area contributed by atoms with Crippen LogP contribution in [0.3, 0.4) is 0 Å². The smallest absolute Gasteiger partial charge is 0.311 e. The van der Waals surface area contributed by atoms with Crippen molar-refractivity contribution in [2.75, 3.05) is 7.11 Å². The summed E-state index contributed by atoms with van der Waals surface area (Å²) in [4.78, 5) is 25.2. The molecule has 0 aliphatic carbocycles. The molecule has 0 aliphatic rings. The van der Waals surface area contributed by atoms with E-state index in [1.165, 1.54) is 0 Å². The van der Waals surface area contributed by atoms with Gasteiger partial charge in [0.15, 0.2) is 16.6 Å². The van der Waals surface area contributed by atoms with E-state index in [0.717, 1.165) is 6.29 Å². The van der Waals surface area contributed by atoms with Crippen LogP contribution < -0.4 is 0 Å². The Morgan fingerprint density at radius 1 is 0.951 bits per heavy atom. The zero-order valence-electron chi connectivity index (χ0n) is 28.6. The van der Waals surface area contributed by atoms with Gasteiger partial charge in [-0.3, -0.25) is 4.79 Å². The molecule has 0 radical (unpaired) electrons. The van der Waals surface area contributed by atoms with Crippen molar-refractivity contribution < 1.29 is 33.0 Å². The number of methoxy groups -OCH3 is 1. The number of esters is 1. The highest BCUT2D eigenvalue weighted by Gasteiger charge is 2.49. The molecule has 0 fully saturated rings. The fourth-order valence-electron chi connectivity index (χ4n) is 4.32. The number of hydrogen-bond donors (Lipinski definition) is 1. The van der Waals surface area contributed by atoms with Crippen LogP contribution in [0.15, 0.2) is 10.2 Å². The Morgan fingerprint density at radius 3 is 1.85 bits per heavy atom. The Hall–Kier alpha value is -0.116. The minimum absolute atomic E-state index is 0.0413. The van der Waals surface area contributed by atoms with Crippen LogP contribution in [0.4, 0.5) is 0 Å². The van der Waals surface area contributed by atoms with Gasteiger partial charge in [-0.25, -0.2) is 0 Å². The summed E-state index contributed by atoms with van der Waals surface area (Å²) in [6.45, 7) is 29.2. The first-order valence-electron chi connectivity index (χ1n) is 14.9. The van der Waals surface area contributed by atoms with Gasteiger partial charge < -0.3 is 28.2 Å². The predicted octanol–water partition coefficient (Wildman–Crippen LogP) is 8.20. The van der Waals surface area contributed by atoms with E-state index in [4.69, 9.17) is 18.3 Å². The molecule has 0 aliphatic heterocycles. The molecule has 0 saturated heterocycles. The van der Waals surface area contributed by atoms with Gasteiger partial charge in [-0.05, 0) is 80.0 Å². The highest BCUT2D eigenvalue weighted by molar-refractivity contribution is 14.1. The molecule has 0 aromatic heterocycles. The Morgan fingerprint density at radius 2 is 1.46 bits per heavy atom. The first kappa shape index (κ1) is 40.9. The average Bonchev–Trinajstić information content (AvgIpc) is 2.80. The molecule has 41 heavy (non-hydrogen) atoms. The zero-order valence-corrected chi connectivity index (χ0v) is 32.8. The number of aldehydes is 1. The Balaban J connectivity index is 6.62. The monoisotopic (exact) mass is 728 g/mol. The van der Waals surface area contributed by atoms with Crippen molar-refractivity contribution in [3.8, 4) is 0 Å². The lowest BCUT2D eigenvalue weighted by Gasteiger charge is -2.48. The zero-order chi connectivity index (χ0) is 32.7. The second kappa shape index (κ2) is 15.7. The van der Waals surface area contributed by atoms with Crippen LogP contribution in [0.5, 0.6) is 0 Å². The molecule has 1 N–H and O–H groups in total. The average molecular weight is 729 g/mol. The third-order valence-corrected chi connectivity index (χ3v) is 18.8. The number of halogens is 1. The Bertz CT molecular complexity index is 862. The first-order valence-corrected chi connectivity index (χ1v) is 22.0. The van der Waals surface area contributed by atoms with E-state index < -0.39 is 58.0 Å². The molecule has 0 amide bonds. The highest BCUT2D eigenvalue weighted by Crippen LogP contribution is 2.44. The third-order valence-electron chi connectivity index (χ3n) is 9.33. The van der Waals surface area contributed by atoms with Crippen LogP contribution in [0, 0.1) is 5.92 Å². The maximum atomic E-state index is 13.7. The summed E-state index contributed by atoms with van der Waals surface area (Å²) in [6.07, 6.45) is 2.60. The molecule has 0 saturated carbocycles. The van der Waals surface area contributed by atoms with Crippen molar-refractivity contribution in [2.24, 2.45) is 5.92 Å². The van der Waals surface area contributed by atoms with E-state index in [2.05, 4.69) is 67.7 Å². The van der Waals surface area contributed by atoms with Crippen molar-refractivity contribution >= 4 is 51.5 Å². The molecule has 0 aromatic carbocycles. The van der Waals surface area contributed by atoms with Gasteiger partial charge in [0, 0.05) is 20.0 Å². The molecule has 6 atom stereocenters. The number of carbonyl (C=O) groups is 2. The molecule has 0 spiro atoms. The number of aliphatic hydroxyl groups is 1. The normalized spacial score (nSPS) is 19.6. The molecular formula is C31H61IO7Si2. The Labute approximate surface area is 267 Å². The van der Waals surface area contributed by atoms with Gasteiger partial charge >= 0.3 is 5.97 Å². The van der Waals surface area contributed by atoms with Crippen LogP contribution in [-0.2, 0) is 27.9 Å². The van der Waals surface area contributed by atoms with Gasteiger partial charge in [0.25, 0.3) is 0 Å². The largest absolute Gasteiger partial charge is 0.459 e. The van der Waals surface area contributed by atoms with Gasteiger partial charge in [-0.15, -0.1) is 0 Å². The van der Waals surface area contributed by atoms with Gasteiger partial charge in [-0.1, -0.05) is 71.1 Å². The maximum Gasteiger partial charge on any atom is 0.311 e. The highest BCUT2D eigenvalue weighted by atomic mass is 127. The van der Waals surface area contributed by atoms with Crippen LogP contribution in [0.2, 0.25) is 36.3 Å². The van der Waals surface area contributed by atoms with Gasteiger partial charge in [0.1, 0.15) is 18.0 Å². The summed E-state index contributed by atoms with van der Waals surface area (Å²) in [5.41, 5.74) is -2.06. The summed E-state index contributed by atoms with van der Waals surface area (Å²) >= 11 is 2.05. The van der Waals surface area contributed by atoms with Crippen LogP contribution in [-0.4, -0.2) is 70.6 Å². The van der Waals surface area contributed by atoms with Crippen molar-refractivity contribution in [1.29, 1.82) is 0 Å². The van der Waals surface area contributed by atoms with Crippen molar-refractivity contribution in [2.45, 2.75) is 161 Å². The van der Waals surface area contributed by atoms with Gasteiger partial charge in [0.2, 0.25) is 0 Å². The summed E-state index contributed by atoms with van der Waals surface area (Å²) in [7, 11) is -2.93. The standard InChI is InChI=1S/C31H61IO7Si2/c1-16-25(30(9,35)19-20-32)37-27(34)23(2)24(38-40(12,13)28(3,4)5)22-26(36-11)31(10,18-17-21-33)39-41(14,15)29(6,7)8/h19-21,23-26,35H,16-18,22H2,1-15H3/b20-19+/t23-,24+,25-,26-,30+,31-/m1/s1. The second-order valence-corrected chi connectivity index (χ2v) is 25.1. The number of hydrogen-bond acceptors (Lipinski definition) is 7. The molecule has 0 bridgehead atoms. The topological polar surface area (TPSA) is 91.3 Å². The third kappa shape index (κ3) is 11.7. The lowest BCUT2D eigenvalue weighted by atomic mass is 9.87. The molecule has 0 aromatic rings. The second-order valence-electron chi connectivity index (χ2n) is 14.9. The van der Waals surface area contributed by atoms with E-state index in [1.54, 1.807) is 24.2 Å². The molecule has 0 unspecified atom stereocenters. The van der Waals surface area contributed by atoms with E-state index in [1.807, 2.05) is 43.4 Å². The van der Waals surface area contributed by atoms with E-state index >= 15 is 0 Å². The maximum absolute atomic E-state index is 13.7. The molecule has 0 rings (SSSR count). The van der Waals surface area contributed by atoms with Crippen molar-refractivity contribution in [3.05, 3.63) is 10.2 Å². The minimum Gasteiger partial charge on any atom is -0.459 e. The van der Waals surface area contributed by atoms with Crippen LogP contribution in [0.25, 0.3) is 0 Å². The molecule has 0 heterocycles. The summed E-state index contributed by atoms with van der Waals surface area (Å²) in [6, 6.07) is 0. The van der Waals surface area contributed by atoms with Gasteiger partial charge in [-0.2, -0.15) is 0 Å². The summed E-state index contributed by atoms with van der Waals surface area (Å²) in [5.74, 6) is -1.05. The minimum atomic E-state index is -2.33. The quantitative estimate of drug-likeness (QED) is 0.0699. The summed E-state index contributed by atoms with van der Waals surface area (Å²) < 4.78 is 27.7. The van der Waals surface area contributed by atoms with Gasteiger partial charge in [0.05, 0.1) is 23.7 Å². The van der Waals surface area contributed by atoms with E-state index in [0.29, 0.717) is 25.7 Å². The van der Waals surface area contributed by atoms with Crippen molar-refractivity contribution in [1.82, 2.24) is 0 Å². The fraction of sp³-hybridized carbons (Fsp3) is 0.871. The van der Waals surface area contributed by atoms with Crippen molar-refractivity contribution in [3.63, 3.8) is 0 Å². The molecule has 7 nitrogen and oxygen atoms in total. The van der Waals surface area contributed by atoms with E-state index in [-0.39, 0.29) is 10.1 Å². The molecular weight excluding hydrogens is 667 g/mol. The first-order chi connectivity index (χ1) is 18.4. The molecule has 242 valence electrons. The lowest BCUT2D eigenvalue weighted by molar-refractivity contribution is -0.169. The predicted molar refractivity (Wildman–Crippen MR) is 183 cm³/mol. The van der Waals surface area contributed by atoms with Crippen LogP contribution in [0.1, 0.15) is 94.9 Å². The number of ether oxygens (including phenoxy) is 2. The Kier molecular flexibility index (Phi) is 15.7. The number of rotatable bonds is 17. The molecule has 10 heteroatoms. The SMILES string of the molecule is CC[C@@H](OC(=O)[C@H](C)[C@H](C[C@@H](OC)[C@@](C)(CCC=O)O[Si](C)(C)C(C)(C)C)O[Si](C)(C)C(C)(C)C)[C@@](C)(O)/C=C/I.